The van der Waals surface area contributed by atoms with E-state index in [-0.39, 0.29) is 0 Å². The average Bonchev–Trinajstić information content (AvgIpc) is 2.74. The average molecular weight is 406 g/mol. The number of fused-ring (bicyclic) bond motifs is 1. The summed E-state index contributed by atoms with van der Waals surface area (Å²) in [6.07, 6.45) is 4.15. The highest BCUT2D eigenvalue weighted by molar-refractivity contribution is 6.00. The Bertz CT molecular complexity index is 1320. The van der Waals surface area contributed by atoms with Gasteiger partial charge >= 0.3 is 0 Å². The molecule has 0 radical (unpaired) electrons. The SMILES string of the molecule is C/C=C/c1cc(C)c(-c2cccc3c(N)nc(Nc4ccc(C#N)cc4)nc23)c(C)c1. The molecule has 1 aromatic heterocycles. The second kappa shape index (κ2) is 8.29. The van der Waals surface area contributed by atoms with Crippen molar-refractivity contribution in [1.82, 2.24) is 9.97 Å². The Morgan fingerprint density at radius 3 is 2.35 bits per heavy atom. The molecule has 0 bridgehead atoms. The zero-order valence-electron chi connectivity index (χ0n) is 17.8. The minimum absolute atomic E-state index is 0.419. The van der Waals surface area contributed by atoms with Crippen LogP contribution in [-0.4, -0.2) is 9.97 Å². The Hall–Kier alpha value is -4.17. The summed E-state index contributed by atoms with van der Waals surface area (Å²) in [6, 6.07) is 19.6. The van der Waals surface area contributed by atoms with Crippen molar-refractivity contribution in [3.05, 3.63) is 82.9 Å². The third-order valence-corrected chi connectivity index (χ3v) is 5.21. The number of nitrogen functional groups attached to an aromatic ring is 1. The van der Waals surface area contributed by atoms with Gasteiger partial charge in [-0.25, -0.2) is 4.98 Å². The maximum atomic E-state index is 8.99. The summed E-state index contributed by atoms with van der Waals surface area (Å²) in [6.45, 7) is 6.26. The molecule has 0 atom stereocenters. The number of hydrogen-bond acceptors (Lipinski definition) is 5. The van der Waals surface area contributed by atoms with E-state index in [1.807, 2.05) is 37.3 Å². The fourth-order valence-electron chi connectivity index (χ4n) is 3.90. The van der Waals surface area contributed by atoms with Gasteiger partial charge in [0.25, 0.3) is 0 Å². The smallest absolute Gasteiger partial charge is 0.229 e. The zero-order chi connectivity index (χ0) is 22.0. The molecule has 3 N–H and O–H groups in total. The van der Waals surface area contributed by atoms with Crippen LogP contribution in [0, 0.1) is 25.2 Å². The van der Waals surface area contributed by atoms with Crippen LogP contribution in [0.3, 0.4) is 0 Å². The molecule has 0 saturated carbocycles. The van der Waals surface area contributed by atoms with Crippen LogP contribution in [-0.2, 0) is 0 Å². The molecule has 4 rings (SSSR count). The second-order valence-electron chi connectivity index (χ2n) is 7.48. The van der Waals surface area contributed by atoms with Crippen LogP contribution in [0.25, 0.3) is 28.1 Å². The number of rotatable bonds is 4. The Morgan fingerprint density at radius 2 is 1.71 bits per heavy atom. The van der Waals surface area contributed by atoms with Crippen LogP contribution < -0.4 is 11.1 Å². The first-order valence-electron chi connectivity index (χ1n) is 10.1. The summed E-state index contributed by atoms with van der Waals surface area (Å²) >= 11 is 0. The number of aryl methyl sites for hydroxylation is 2. The second-order valence-corrected chi connectivity index (χ2v) is 7.48. The predicted molar refractivity (Wildman–Crippen MR) is 128 cm³/mol. The molecule has 1 heterocycles. The molecule has 5 nitrogen and oxygen atoms in total. The summed E-state index contributed by atoms with van der Waals surface area (Å²) in [5.74, 6) is 0.840. The molecule has 0 aliphatic heterocycles. The number of para-hydroxylation sites is 1. The van der Waals surface area contributed by atoms with Gasteiger partial charge in [-0.1, -0.05) is 36.4 Å². The van der Waals surface area contributed by atoms with Crippen molar-refractivity contribution in [3.8, 4) is 17.2 Å². The van der Waals surface area contributed by atoms with Gasteiger partial charge in [0.1, 0.15) is 5.82 Å². The highest BCUT2D eigenvalue weighted by atomic mass is 15.1. The molecule has 31 heavy (non-hydrogen) atoms. The Kier molecular flexibility index (Phi) is 5.38. The summed E-state index contributed by atoms with van der Waals surface area (Å²) in [5.41, 5.74) is 14.2. The van der Waals surface area contributed by atoms with E-state index in [1.165, 1.54) is 16.7 Å². The van der Waals surface area contributed by atoms with Gasteiger partial charge in [0.05, 0.1) is 17.1 Å². The topological polar surface area (TPSA) is 87.6 Å². The van der Waals surface area contributed by atoms with Gasteiger partial charge in [-0.05, 0) is 73.4 Å². The summed E-state index contributed by atoms with van der Waals surface area (Å²) < 4.78 is 0. The normalized spacial score (nSPS) is 11.0. The Balaban J connectivity index is 1.85. The van der Waals surface area contributed by atoms with Crippen LogP contribution in [0.2, 0.25) is 0 Å². The van der Waals surface area contributed by atoms with Crippen molar-refractivity contribution in [3.63, 3.8) is 0 Å². The maximum absolute atomic E-state index is 8.99. The van der Waals surface area contributed by atoms with E-state index in [4.69, 9.17) is 16.0 Å². The monoisotopic (exact) mass is 405 g/mol. The highest BCUT2D eigenvalue weighted by Gasteiger charge is 2.14. The molecular formula is C26H23N5. The van der Waals surface area contributed by atoms with E-state index in [1.54, 1.807) is 12.1 Å². The number of nitrogens with zero attached hydrogens (tertiary/aromatic N) is 3. The van der Waals surface area contributed by atoms with Gasteiger partial charge in [0.15, 0.2) is 0 Å². The van der Waals surface area contributed by atoms with Crippen LogP contribution >= 0.6 is 0 Å². The standard InChI is InChI=1S/C26H23N5/c1-4-6-19-13-16(2)23(17(3)14-19)21-7-5-8-22-24(21)30-26(31-25(22)28)29-20-11-9-18(15-27)10-12-20/h4-14H,1-3H3,(H3,28,29,30,31)/b6-4+. The summed E-state index contributed by atoms with van der Waals surface area (Å²) in [7, 11) is 0. The zero-order valence-corrected chi connectivity index (χ0v) is 17.8. The van der Waals surface area contributed by atoms with E-state index < -0.39 is 0 Å². The molecule has 3 aromatic carbocycles. The number of nitrogens with one attached hydrogen (secondary N) is 1. The third kappa shape index (κ3) is 3.96. The molecule has 152 valence electrons. The number of benzene rings is 3. The number of allylic oxidation sites excluding steroid dienone is 1. The number of nitrogens with two attached hydrogens (primary N) is 1. The van der Waals surface area contributed by atoms with Crippen molar-refractivity contribution in [1.29, 1.82) is 5.26 Å². The number of aromatic nitrogens is 2. The van der Waals surface area contributed by atoms with Crippen molar-refractivity contribution >= 4 is 34.4 Å². The molecule has 5 heteroatoms. The van der Waals surface area contributed by atoms with Crippen molar-refractivity contribution in [2.24, 2.45) is 0 Å². The molecule has 0 amide bonds. The molecular weight excluding hydrogens is 382 g/mol. The van der Waals surface area contributed by atoms with Gasteiger partial charge in [-0.3, -0.25) is 0 Å². The van der Waals surface area contributed by atoms with E-state index >= 15 is 0 Å². The minimum Gasteiger partial charge on any atom is -0.383 e. The first-order valence-corrected chi connectivity index (χ1v) is 10.1. The molecule has 0 fully saturated rings. The lowest BCUT2D eigenvalue weighted by molar-refractivity contribution is 1.22. The van der Waals surface area contributed by atoms with E-state index in [0.717, 1.165) is 27.7 Å². The lowest BCUT2D eigenvalue weighted by Gasteiger charge is -2.15. The van der Waals surface area contributed by atoms with Gasteiger partial charge in [-0.15, -0.1) is 0 Å². The fraction of sp³-hybridized carbons (Fsp3) is 0.115. The van der Waals surface area contributed by atoms with Gasteiger partial charge in [0, 0.05) is 16.6 Å². The predicted octanol–water partition coefficient (Wildman–Crippen LogP) is 6.14. The van der Waals surface area contributed by atoms with Crippen molar-refractivity contribution in [2.75, 3.05) is 11.1 Å². The fourth-order valence-corrected chi connectivity index (χ4v) is 3.90. The Labute approximate surface area is 181 Å². The van der Waals surface area contributed by atoms with E-state index in [9.17, 15) is 0 Å². The minimum atomic E-state index is 0.419. The molecule has 0 unspecified atom stereocenters. The maximum Gasteiger partial charge on any atom is 0.229 e. The van der Waals surface area contributed by atoms with Crippen LogP contribution in [0.4, 0.5) is 17.5 Å². The van der Waals surface area contributed by atoms with Gasteiger partial charge in [-0.2, -0.15) is 10.2 Å². The number of hydrogen-bond donors (Lipinski definition) is 2. The van der Waals surface area contributed by atoms with E-state index in [0.29, 0.717) is 17.3 Å². The molecule has 0 spiro atoms. The van der Waals surface area contributed by atoms with E-state index in [2.05, 4.69) is 54.5 Å². The molecule has 0 aliphatic carbocycles. The van der Waals surface area contributed by atoms with Gasteiger partial charge < -0.3 is 11.1 Å². The van der Waals surface area contributed by atoms with Crippen LogP contribution in [0.5, 0.6) is 0 Å². The Morgan fingerprint density at radius 1 is 1.00 bits per heavy atom. The lowest BCUT2D eigenvalue weighted by atomic mass is 9.92. The van der Waals surface area contributed by atoms with Crippen molar-refractivity contribution in [2.45, 2.75) is 20.8 Å². The quantitative estimate of drug-likeness (QED) is 0.425. The summed E-state index contributed by atoms with van der Waals surface area (Å²) in [4.78, 5) is 9.25. The first kappa shape index (κ1) is 20.1. The molecule has 4 aromatic rings. The third-order valence-electron chi connectivity index (χ3n) is 5.21. The molecule has 0 saturated heterocycles. The van der Waals surface area contributed by atoms with Crippen LogP contribution in [0.15, 0.2) is 60.7 Å². The number of anilines is 3. The van der Waals surface area contributed by atoms with Crippen molar-refractivity contribution < 1.29 is 0 Å². The van der Waals surface area contributed by atoms with Crippen LogP contribution in [0.1, 0.15) is 29.2 Å². The van der Waals surface area contributed by atoms with Gasteiger partial charge in [0.2, 0.25) is 5.95 Å². The first-order chi connectivity index (χ1) is 15.0. The number of nitriles is 1. The highest BCUT2D eigenvalue weighted by Crippen LogP contribution is 2.35. The summed E-state index contributed by atoms with van der Waals surface area (Å²) in [5, 5.41) is 13.0. The molecule has 0 aliphatic rings. The largest absolute Gasteiger partial charge is 0.383 e. The lowest BCUT2D eigenvalue weighted by Crippen LogP contribution is -2.03.